The third-order valence-corrected chi connectivity index (χ3v) is 5.96. The molecule has 2 amide bonds. The fraction of sp³-hybridized carbons (Fsp3) is 0. The van der Waals surface area contributed by atoms with Gasteiger partial charge < -0.3 is 9.52 Å². The van der Waals surface area contributed by atoms with Crippen LogP contribution in [0.3, 0.4) is 0 Å². The molecule has 4 rings (SSSR count). The number of carbonyl (C=O) groups excluding carboxylic acids is 2. The number of hydrogen-bond acceptors (Lipinski definition) is 6. The van der Waals surface area contributed by atoms with Crippen molar-refractivity contribution in [3.63, 3.8) is 0 Å². The summed E-state index contributed by atoms with van der Waals surface area (Å²) in [7, 11) is 0. The van der Waals surface area contributed by atoms with Crippen LogP contribution in [0.2, 0.25) is 5.02 Å². The van der Waals surface area contributed by atoms with Gasteiger partial charge in [-0.05, 0) is 60.7 Å². The summed E-state index contributed by atoms with van der Waals surface area (Å²) < 4.78 is 5.92. The van der Waals surface area contributed by atoms with Crippen molar-refractivity contribution < 1.29 is 23.9 Å². The second-order valence-electron chi connectivity index (χ2n) is 6.55. The number of thioether (sulfide) groups is 1. The highest BCUT2D eigenvalue weighted by molar-refractivity contribution is 8.26. The number of amides is 2. The summed E-state index contributed by atoms with van der Waals surface area (Å²) in [4.78, 5) is 36.6. The van der Waals surface area contributed by atoms with Crippen LogP contribution in [0.1, 0.15) is 26.5 Å². The Morgan fingerprint density at radius 1 is 1.09 bits per heavy atom. The zero-order valence-electron chi connectivity index (χ0n) is 16.1. The first-order valence-corrected chi connectivity index (χ1v) is 10.7. The van der Waals surface area contributed by atoms with Gasteiger partial charge in [0.1, 0.15) is 11.5 Å². The summed E-state index contributed by atoms with van der Waals surface area (Å²) in [6.45, 7) is 0. The highest BCUT2D eigenvalue weighted by Gasteiger charge is 2.34. The number of carboxylic acids is 1. The fourth-order valence-corrected chi connectivity index (χ4v) is 4.14. The number of nitrogens with zero attached hydrogens (tertiary/aromatic N) is 1. The van der Waals surface area contributed by atoms with E-state index in [1.54, 1.807) is 36.4 Å². The molecule has 7 nitrogen and oxygen atoms in total. The van der Waals surface area contributed by atoms with Crippen LogP contribution in [0.25, 0.3) is 17.4 Å². The van der Waals surface area contributed by atoms with Crippen molar-refractivity contribution in [2.45, 2.75) is 0 Å². The van der Waals surface area contributed by atoms with Crippen LogP contribution in [-0.4, -0.2) is 32.2 Å². The number of halogens is 1. The van der Waals surface area contributed by atoms with Crippen LogP contribution >= 0.6 is 35.6 Å². The molecule has 1 aliphatic heterocycles. The van der Waals surface area contributed by atoms with Gasteiger partial charge in [-0.25, -0.2) is 4.79 Å². The SMILES string of the molecule is O=C(O)c1cccc(-c2ccc(/C=C3/SC(=S)N(NC(=O)c4ccc(Cl)cc4)C3=O)o2)c1. The first-order chi connectivity index (χ1) is 15.3. The van der Waals surface area contributed by atoms with Crippen LogP contribution in [0, 0.1) is 0 Å². The first kappa shape index (κ1) is 21.8. The monoisotopic (exact) mass is 484 g/mol. The second kappa shape index (κ2) is 8.99. The van der Waals surface area contributed by atoms with Crippen molar-refractivity contribution in [1.29, 1.82) is 0 Å². The predicted octanol–water partition coefficient (Wildman–Crippen LogP) is 4.84. The highest BCUT2D eigenvalue weighted by atomic mass is 35.5. The normalized spacial score (nSPS) is 14.8. The van der Waals surface area contributed by atoms with Gasteiger partial charge in [-0.3, -0.25) is 15.0 Å². The van der Waals surface area contributed by atoms with Gasteiger partial charge in [0.25, 0.3) is 11.8 Å². The van der Waals surface area contributed by atoms with Gasteiger partial charge in [-0.2, -0.15) is 5.01 Å². The molecule has 0 radical (unpaired) electrons. The molecule has 0 spiro atoms. The van der Waals surface area contributed by atoms with E-state index in [1.165, 1.54) is 30.3 Å². The van der Waals surface area contributed by atoms with Crippen molar-refractivity contribution in [2.75, 3.05) is 0 Å². The van der Waals surface area contributed by atoms with Crippen molar-refractivity contribution in [3.05, 3.63) is 87.5 Å². The van der Waals surface area contributed by atoms with E-state index in [-0.39, 0.29) is 14.8 Å². The lowest BCUT2D eigenvalue weighted by atomic mass is 10.1. The molecular formula is C22H13ClN2O5S2. The average Bonchev–Trinajstić information content (AvgIpc) is 3.34. The molecule has 32 heavy (non-hydrogen) atoms. The molecule has 0 bridgehead atoms. The van der Waals surface area contributed by atoms with Crippen molar-refractivity contribution in [1.82, 2.24) is 10.4 Å². The van der Waals surface area contributed by atoms with Gasteiger partial charge in [-0.15, -0.1) is 0 Å². The van der Waals surface area contributed by atoms with Gasteiger partial charge in [0.2, 0.25) is 0 Å². The number of benzene rings is 2. The Hall–Kier alpha value is -3.40. The quantitative estimate of drug-likeness (QED) is 0.394. The number of hydrogen-bond donors (Lipinski definition) is 2. The van der Waals surface area contributed by atoms with Crippen LogP contribution in [0.15, 0.2) is 70.0 Å². The van der Waals surface area contributed by atoms with Crippen LogP contribution < -0.4 is 5.43 Å². The van der Waals surface area contributed by atoms with E-state index >= 15 is 0 Å². The summed E-state index contributed by atoms with van der Waals surface area (Å²) in [5.74, 6) is -1.20. The number of furan rings is 1. The summed E-state index contributed by atoms with van der Waals surface area (Å²) in [5, 5.41) is 10.6. The molecule has 0 saturated carbocycles. The molecule has 2 aromatic carbocycles. The number of rotatable bonds is 5. The number of aromatic carboxylic acids is 1. The molecule has 3 aromatic rings. The summed E-state index contributed by atoms with van der Waals surface area (Å²) in [6, 6.07) is 15.9. The third kappa shape index (κ3) is 4.59. The zero-order valence-corrected chi connectivity index (χ0v) is 18.5. The third-order valence-electron chi connectivity index (χ3n) is 4.41. The van der Waals surface area contributed by atoms with Crippen LogP contribution in [-0.2, 0) is 4.79 Å². The smallest absolute Gasteiger partial charge is 0.335 e. The Labute approximate surface area is 196 Å². The molecule has 160 valence electrons. The largest absolute Gasteiger partial charge is 0.478 e. The van der Waals surface area contributed by atoms with Gasteiger partial charge in [0.15, 0.2) is 4.32 Å². The fourth-order valence-electron chi connectivity index (χ4n) is 2.85. The molecule has 1 fully saturated rings. The predicted molar refractivity (Wildman–Crippen MR) is 125 cm³/mol. The van der Waals surface area contributed by atoms with E-state index < -0.39 is 17.8 Å². The molecular weight excluding hydrogens is 472 g/mol. The Morgan fingerprint density at radius 3 is 2.56 bits per heavy atom. The van der Waals surface area contributed by atoms with Gasteiger partial charge in [0, 0.05) is 22.2 Å². The number of hydrazine groups is 1. The van der Waals surface area contributed by atoms with Crippen LogP contribution in [0.5, 0.6) is 0 Å². The maximum Gasteiger partial charge on any atom is 0.335 e. The van der Waals surface area contributed by atoms with E-state index in [4.69, 9.17) is 33.3 Å². The van der Waals surface area contributed by atoms with Crippen molar-refractivity contribution in [2.24, 2.45) is 0 Å². The summed E-state index contributed by atoms with van der Waals surface area (Å²) >= 11 is 12.1. The summed E-state index contributed by atoms with van der Waals surface area (Å²) in [5.41, 5.74) is 3.54. The maximum absolute atomic E-state index is 12.7. The van der Waals surface area contributed by atoms with E-state index in [0.29, 0.717) is 27.7 Å². The second-order valence-corrected chi connectivity index (χ2v) is 8.67. The molecule has 2 heterocycles. The standard InChI is InChI=1S/C22H13ClN2O5S2/c23-15-6-4-12(5-7-15)19(26)24-25-20(27)18(32-22(25)31)11-16-8-9-17(30-16)13-2-1-3-14(10-13)21(28)29/h1-11H,(H,24,26)(H,28,29)/b18-11+. The Kier molecular flexibility index (Phi) is 6.13. The average molecular weight is 485 g/mol. The maximum atomic E-state index is 12.7. The number of carbonyl (C=O) groups is 3. The highest BCUT2D eigenvalue weighted by Crippen LogP contribution is 2.33. The van der Waals surface area contributed by atoms with E-state index in [0.717, 1.165) is 16.8 Å². The molecule has 0 aliphatic carbocycles. The lowest BCUT2D eigenvalue weighted by Gasteiger charge is -2.15. The lowest BCUT2D eigenvalue weighted by molar-refractivity contribution is -0.123. The first-order valence-electron chi connectivity index (χ1n) is 9.10. The van der Waals surface area contributed by atoms with E-state index in [9.17, 15) is 14.4 Å². The lowest BCUT2D eigenvalue weighted by Crippen LogP contribution is -2.44. The van der Waals surface area contributed by atoms with E-state index in [2.05, 4.69) is 5.43 Å². The van der Waals surface area contributed by atoms with E-state index in [1.807, 2.05) is 0 Å². The summed E-state index contributed by atoms with van der Waals surface area (Å²) in [6.07, 6.45) is 1.51. The molecule has 10 heteroatoms. The Balaban J connectivity index is 1.51. The minimum absolute atomic E-state index is 0.137. The van der Waals surface area contributed by atoms with Gasteiger partial charge in [-0.1, -0.05) is 35.5 Å². The zero-order chi connectivity index (χ0) is 22.8. The minimum atomic E-state index is -1.04. The van der Waals surface area contributed by atoms with Gasteiger partial charge in [0.05, 0.1) is 10.5 Å². The minimum Gasteiger partial charge on any atom is -0.478 e. The van der Waals surface area contributed by atoms with Gasteiger partial charge >= 0.3 is 5.97 Å². The number of carboxylic acid groups (broad SMARTS) is 1. The number of thiocarbonyl (C=S) groups is 1. The van der Waals surface area contributed by atoms with Crippen LogP contribution in [0.4, 0.5) is 0 Å². The topological polar surface area (TPSA) is 99.9 Å². The Bertz CT molecular complexity index is 1280. The molecule has 1 aromatic heterocycles. The molecule has 0 unspecified atom stereocenters. The van der Waals surface area contributed by atoms with Crippen molar-refractivity contribution in [3.8, 4) is 11.3 Å². The molecule has 2 N–H and O–H groups in total. The number of nitrogens with one attached hydrogen (secondary N) is 1. The molecule has 0 atom stereocenters. The Morgan fingerprint density at radius 2 is 1.84 bits per heavy atom. The van der Waals surface area contributed by atoms with Crippen molar-refractivity contribution >= 4 is 63.8 Å². The molecule has 1 saturated heterocycles. The molecule has 1 aliphatic rings.